The van der Waals surface area contributed by atoms with Crippen molar-refractivity contribution in [3.8, 4) is 0 Å². The topological polar surface area (TPSA) is 0 Å². The van der Waals surface area contributed by atoms with Crippen LogP contribution in [0.3, 0.4) is 0 Å². The van der Waals surface area contributed by atoms with Gasteiger partial charge in [-0.05, 0) is 81.3 Å². The Morgan fingerprint density at radius 2 is 0.245 bits per heavy atom. The van der Waals surface area contributed by atoms with Gasteiger partial charge in [-0.3, -0.25) is 0 Å². The van der Waals surface area contributed by atoms with Gasteiger partial charge < -0.3 is 0 Å². The van der Waals surface area contributed by atoms with Gasteiger partial charge in [0.05, 0.1) is 0 Å². The van der Waals surface area contributed by atoms with E-state index in [1.807, 2.05) is 206 Å². The van der Waals surface area contributed by atoms with Crippen molar-refractivity contribution in [1.29, 1.82) is 0 Å². The summed E-state index contributed by atoms with van der Waals surface area (Å²) in [7, 11) is 0. The van der Waals surface area contributed by atoms with E-state index in [-0.39, 0.29) is 5.41 Å². The molecule has 7 aromatic rings. The highest BCUT2D eigenvalue weighted by atomic mass is 14.2. The Balaban J connectivity index is -0.000000118. The predicted molar refractivity (Wildman–Crippen MR) is 503 cm³/mol. The summed E-state index contributed by atoms with van der Waals surface area (Å²) in [6.45, 7) is 75.7. The van der Waals surface area contributed by atoms with Crippen LogP contribution in [0.15, 0.2) is 206 Å². The van der Waals surface area contributed by atoms with Gasteiger partial charge in [0.1, 0.15) is 0 Å². The van der Waals surface area contributed by atoms with E-state index in [9.17, 15) is 0 Å². The SMILES string of the molecule is C1CCCCCCCCCCC1.C1CCCCCCCCCCC1.CC.CC.CC.CC.CC.CC.CC.CC(C)(C)C.CC(C)(C)C.CC(C)(C)C.Cc1ccccc1.Cc1ccccc1.Cc1ccccc1.Cc1ccccc1.Cc1ccccc1.Cc1ccccc1.Cc1ccccc1C(C)(C)C. The molecule has 0 aliphatic heterocycles. The number of benzene rings is 7. The molecule has 0 heteroatoms. The lowest BCUT2D eigenvalue weighted by Gasteiger charge is -2.21. The molecule has 0 heterocycles. The normalized spacial score (nSPS) is 12.2. The molecule has 2 aliphatic rings. The first-order valence-electron chi connectivity index (χ1n) is 43.5. The maximum absolute atomic E-state index is 2.25. The summed E-state index contributed by atoms with van der Waals surface area (Å²) >= 11 is 0. The zero-order chi connectivity index (χ0) is 83.6. The van der Waals surface area contributed by atoms with Crippen molar-refractivity contribution in [3.63, 3.8) is 0 Å². The second kappa shape index (κ2) is 95.6. The average Bonchev–Trinajstić information content (AvgIpc) is 0.850. The molecule has 106 heavy (non-hydrogen) atoms. The zero-order valence-corrected chi connectivity index (χ0v) is 78.6. The van der Waals surface area contributed by atoms with Crippen LogP contribution in [0.25, 0.3) is 0 Å². The van der Waals surface area contributed by atoms with Crippen LogP contribution in [-0.2, 0) is 5.41 Å². The van der Waals surface area contributed by atoms with Crippen molar-refractivity contribution < 1.29 is 0 Å². The lowest BCUT2D eigenvalue weighted by atomic mass is 9.84. The number of hydrogen-bond acceptors (Lipinski definition) is 0. The molecular formula is C106H190. The van der Waals surface area contributed by atoms with Crippen LogP contribution in [0.2, 0.25) is 0 Å². The van der Waals surface area contributed by atoms with E-state index < -0.39 is 0 Å². The molecule has 2 aliphatic carbocycles. The van der Waals surface area contributed by atoms with Crippen molar-refractivity contribution in [1.82, 2.24) is 0 Å². The second-order valence-corrected chi connectivity index (χ2v) is 31.5. The molecule has 0 nitrogen and oxygen atoms in total. The molecular weight excluding hydrogens is 1270 g/mol. The fourth-order valence-corrected chi connectivity index (χ4v) is 8.86. The van der Waals surface area contributed by atoms with E-state index in [1.165, 1.54) is 199 Å². The quantitative estimate of drug-likeness (QED) is 0.142. The highest BCUT2D eigenvalue weighted by Crippen LogP contribution is 2.25. The van der Waals surface area contributed by atoms with Crippen LogP contribution < -0.4 is 0 Å². The number of rotatable bonds is 0. The summed E-state index contributed by atoms with van der Waals surface area (Å²) in [5.74, 6) is 0. The number of aryl methyl sites for hydroxylation is 7. The summed E-state index contributed by atoms with van der Waals surface area (Å²) in [5.41, 5.74) is 12.5. The van der Waals surface area contributed by atoms with Gasteiger partial charge in [-0.15, -0.1) is 0 Å². The first-order valence-corrected chi connectivity index (χ1v) is 43.5. The Kier molecular flexibility index (Phi) is 110. The van der Waals surface area contributed by atoms with Gasteiger partial charge in [-0.2, -0.15) is 0 Å². The first kappa shape index (κ1) is 122. The van der Waals surface area contributed by atoms with Crippen LogP contribution in [-0.4, -0.2) is 0 Å². The Bertz CT molecular complexity index is 2060. The van der Waals surface area contributed by atoms with Crippen LogP contribution in [0.1, 0.15) is 399 Å². The van der Waals surface area contributed by atoms with Gasteiger partial charge in [-0.25, -0.2) is 0 Å². The maximum atomic E-state index is 2.25. The van der Waals surface area contributed by atoms with Crippen molar-refractivity contribution >= 4 is 0 Å². The third-order valence-corrected chi connectivity index (χ3v) is 13.6. The highest BCUT2D eigenvalue weighted by molar-refractivity contribution is 5.31. The molecule has 0 amide bonds. The van der Waals surface area contributed by atoms with Crippen molar-refractivity contribution in [3.05, 3.63) is 251 Å². The molecule has 0 aromatic heterocycles. The molecule has 0 N–H and O–H groups in total. The van der Waals surface area contributed by atoms with Gasteiger partial charge >= 0.3 is 0 Å². The lowest BCUT2D eigenvalue weighted by Crippen LogP contribution is -2.12. The zero-order valence-electron chi connectivity index (χ0n) is 78.6. The molecule has 9 rings (SSSR count). The first-order chi connectivity index (χ1) is 50.4. The standard InChI is InChI=1S/2C12H24.C11H16.6C7H8.3C5H12.7C2H6/c2*1-2-4-6-8-10-12-11-9-7-5-3-1;1-9-7-5-6-8-10(9)11(2,3)4;6*1-7-5-3-2-4-6-7;3*1-5(2,3)4;7*1-2/h2*1-12H2;5-8H,1-4H3;6*2-6H,1H3;3*1-4H3;7*1-2H3. The molecule has 614 valence electrons. The second-order valence-electron chi connectivity index (χ2n) is 31.5. The summed E-state index contributed by atoms with van der Waals surface area (Å²) in [6, 6.07) is 70.1. The molecule has 7 aromatic carbocycles. The van der Waals surface area contributed by atoms with Crippen molar-refractivity contribution in [2.45, 2.75) is 409 Å². The van der Waals surface area contributed by atoms with Crippen LogP contribution >= 0.6 is 0 Å². The fraction of sp³-hybridized carbons (Fsp3) is 0.604. The van der Waals surface area contributed by atoms with Crippen molar-refractivity contribution in [2.75, 3.05) is 0 Å². The van der Waals surface area contributed by atoms with E-state index in [1.54, 1.807) is 0 Å². The van der Waals surface area contributed by atoms with Gasteiger partial charge in [-0.1, -0.05) is 595 Å². The van der Waals surface area contributed by atoms with E-state index in [2.05, 4.69) is 249 Å². The Hall–Kier alpha value is -5.46. The summed E-state index contributed by atoms with van der Waals surface area (Å²) in [4.78, 5) is 0. The fourth-order valence-electron chi connectivity index (χ4n) is 8.86. The van der Waals surface area contributed by atoms with E-state index in [0.29, 0.717) is 16.2 Å². The predicted octanol–water partition coefficient (Wildman–Crippen LogP) is 38.0. The molecule has 0 unspecified atom stereocenters. The van der Waals surface area contributed by atoms with E-state index in [0.717, 1.165) is 0 Å². The van der Waals surface area contributed by atoms with Crippen molar-refractivity contribution in [2.24, 2.45) is 16.2 Å². The van der Waals surface area contributed by atoms with Crippen LogP contribution in [0.5, 0.6) is 0 Å². The lowest BCUT2D eigenvalue weighted by molar-refractivity contribution is 0.469. The highest BCUT2D eigenvalue weighted by Gasteiger charge is 2.14. The maximum Gasteiger partial charge on any atom is -0.0129 e. The Labute approximate surface area is 671 Å². The molecule has 0 radical (unpaired) electrons. The van der Waals surface area contributed by atoms with E-state index in [4.69, 9.17) is 0 Å². The Morgan fingerprint density at radius 1 is 0.151 bits per heavy atom. The summed E-state index contributed by atoms with van der Waals surface area (Å²) in [6.07, 6.45) is 36.0. The molecule has 0 spiro atoms. The minimum Gasteiger partial charge on any atom is -0.0683 e. The van der Waals surface area contributed by atoms with Gasteiger partial charge in [0.2, 0.25) is 0 Å². The smallest absolute Gasteiger partial charge is 0.0129 e. The third-order valence-electron chi connectivity index (χ3n) is 13.6. The summed E-state index contributed by atoms with van der Waals surface area (Å²) < 4.78 is 0. The Morgan fingerprint density at radius 3 is 0.311 bits per heavy atom. The summed E-state index contributed by atoms with van der Waals surface area (Å²) in [5, 5.41) is 0. The molecule has 0 saturated heterocycles. The monoisotopic (exact) mass is 1460 g/mol. The largest absolute Gasteiger partial charge is 0.0683 e. The van der Waals surface area contributed by atoms with Gasteiger partial charge in [0, 0.05) is 0 Å². The molecule has 0 atom stereocenters. The van der Waals surface area contributed by atoms with Gasteiger partial charge in [0.15, 0.2) is 0 Å². The molecule has 2 saturated carbocycles. The van der Waals surface area contributed by atoms with E-state index >= 15 is 0 Å². The molecule has 0 bridgehead atoms. The van der Waals surface area contributed by atoms with Crippen LogP contribution in [0.4, 0.5) is 0 Å². The minimum absolute atomic E-state index is 0.283. The third kappa shape index (κ3) is 134. The number of hydrogen-bond donors (Lipinski definition) is 0. The molecule has 2 fully saturated rings. The van der Waals surface area contributed by atoms with Gasteiger partial charge in [0.25, 0.3) is 0 Å². The average molecular weight is 1460 g/mol. The van der Waals surface area contributed by atoms with Crippen LogP contribution in [0, 0.1) is 64.7 Å². The minimum atomic E-state index is 0.283.